The number of hydrogen-bond donors (Lipinski definition) is 2. The fourth-order valence-electron chi connectivity index (χ4n) is 12.6. The van der Waals surface area contributed by atoms with Gasteiger partial charge in [0.05, 0.1) is 58.8 Å². The molecular weight excluding hydrogens is 965 g/mol. The molecule has 392 valence electrons. The first-order valence-corrected chi connectivity index (χ1v) is 26.8. The molecule has 2 N–H and O–H groups in total. The molecule has 4 saturated carbocycles. The minimum atomic E-state index is -0.260. The summed E-state index contributed by atoms with van der Waals surface area (Å²) in [5.74, 6) is 1.83. The van der Waals surface area contributed by atoms with Gasteiger partial charge in [0.2, 0.25) is 11.8 Å². The van der Waals surface area contributed by atoms with E-state index in [4.69, 9.17) is 19.7 Å². The van der Waals surface area contributed by atoms with Crippen molar-refractivity contribution in [3.8, 4) is 11.5 Å². The molecule has 20 nitrogen and oxygen atoms in total. The van der Waals surface area contributed by atoms with Gasteiger partial charge in [-0.3, -0.25) is 28.5 Å². The van der Waals surface area contributed by atoms with E-state index in [-0.39, 0.29) is 58.8 Å². The second kappa shape index (κ2) is 18.4. The highest BCUT2D eigenvalue weighted by Crippen LogP contribution is 2.51. The van der Waals surface area contributed by atoms with Gasteiger partial charge < -0.3 is 29.9 Å². The normalized spacial score (nSPS) is 22.5. The molecule has 0 bridgehead atoms. The third-order valence-corrected chi connectivity index (χ3v) is 16.9. The summed E-state index contributed by atoms with van der Waals surface area (Å²) in [6, 6.07) is 11.7. The topological polar surface area (TPSA) is 213 Å². The van der Waals surface area contributed by atoms with Crippen molar-refractivity contribution in [2.45, 2.75) is 116 Å². The van der Waals surface area contributed by atoms with Crippen LogP contribution in [0.15, 0.2) is 86.0 Å². The van der Waals surface area contributed by atoms with Crippen LogP contribution in [0.2, 0.25) is 0 Å². The molecule has 6 aromatic heterocycles. The zero-order valence-electron chi connectivity index (χ0n) is 43.3. The van der Waals surface area contributed by atoms with E-state index in [1.54, 1.807) is 72.2 Å². The fraction of sp³-hybridized carbons (Fsp3) is 0.464. The lowest BCUT2D eigenvalue weighted by atomic mass is 9.64. The van der Waals surface area contributed by atoms with Gasteiger partial charge in [-0.15, -0.1) is 0 Å². The third-order valence-electron chi connectivity index (χ3n) is 16.9. The Labute approximate surface area is 438 Å². The van der Waals surface area contributed by atoms with Gasteiger partial charge in [0.15, 0.2) is 11.3 Å². The molecule has 20 heteroatoms. The van der Waals surface area contributed by atoms with Crippen LogP contribution in [0.1, 0.15) is 125 Å². The fourth-order valence-corrected chi connectivity index (χ4v) is 12.6. The lowest BCUT2D eigenvalue weighted by molar-refractivity contribution is -0.145. The van der Waals surface area contributed by atoms with Crippen molar-refractivity contribution < 1.29 is 28.7 Å². The molecule has 0 radical (unpaired) electrons. The SMILES string of the molecule is CC(=O)N1CC2(CC[C@@H](n3cc4cc(C(=O)Nc5cnn6cccnc56)c(OC5CC5)cc4n3)[C@@H](C)C2)C1.CC(=O)N1CC2(CC[C@@H](n3cc4cc(C(=O)Nc5cnn6cccnc56)c(OC5CC5)cc4n3)[C@@H](C)C2)C1. The van der Waals surface area contributed by atoms with E-state index < -0.39 is 0 Å². The quantitative estimate of drug-likeness (QED) is 0.133. The van der Waals surface area contributed by atoms with Gasteiger partial charge in [0, 0.05) is 111 Å². The Morgan fingerprint density at radius 1 is 0.592 bits per heavy atom. The Bertz CT molecular complexity index is 3360. The first kappa shape index (κ1) is 47.8. The molecule has 4 amide bonds. The minimum Gasteiger partial charge on any atom is -0.490 e. The van der Waals surface area contributed by atoms with Crippen LogP contribution in [0.3, 0.4) is 0 Å². The van der Waals surface area contributed by atoms with Crippen LogP contribution < -0.4 is 20.1 Å². The van der Waals surface area contributed by atoms with Crippen molar-refractivity contribution in [3.63, 3.8) is 0 Å². The summed E-state index contributed by atoms with van der Waals surface area (Å²) in [5, 5.41) is 26.2. The number of aromatic nitrogens is 10. The summed E-state index contributed by atoms with van der Waals surface area (Å²) < 4.78 is 19.8. The summed E-state index contributed by atoms with van der Waals surface area (Å²) in [7, 11) is 0. The summed E-state index contributed by atoms with van der Waals surface area (Å²) in [6.07, 6.45) is 25.0. The van der Waals surface area contributed by atoms with Crippen molar-refractivity contribution in [1.82, 2.24) is 58.6 Å². The molecule has 8 heterocycles. The van der Waals surface area contributed by atoms with E-state index in [1.165, 1.54) is 0 Å². The van der Waals surface area contributed by atoms with E-state index in [0.29, 0.717) is 57.1 Å². The molecule has 14 rings (SSSR count). The Balaban J connectivity index is 0.000000146. The molecular formula is C56H62N14O6. The number of fused-ring (bicyclic) bond motifs is 4. The summed E-state index contributed by atoms with van der Waals surface area (Å²) in [4.78, 5) is 62.9. The van der Waals surface area contributed by atoms with Gasteiger partial charge in [-0.05, 0) is 100 Å². The lowest BCUT2D eigenvalue weighted by Gasteiger charge is -2.55. The van der Waals surface area contributed by atoms with Crippen molar-refractivity contribution >= 4 is 68.1 Å². The third kappa shape index (κ3) is 9.03. The number of amides is 4. The first-order valence-electron chi connectivity index (χ1n) is 26.8. The van der Waals surface area contributed by atoms with Crippen LogP contribution in [0.5, 0.6) is 11.5 Å². The van der Waals surface area contributed by atoms with E-state index >= 15 is 0 Å². The number of likely N-dealkylation sites (tertiary alicyclic amines) is 2. The molecule has 4 aliphatic carbocycles. The number of carbonyl (C=O) groups excluding carboxylic acids is 4. The van der Waals surface area contributed by atoms with Crippen LogP contribution >= 0.6 is 0 Å². The Hall–Kier alpha value is -7.90. The van der Waals surface area contributed by atoms with Gasteiger partial charge in [-0.2, -0.15) is 20.4 Å². The largest absolute Gasteiger partial charge is 0.490 e. The molecule has 8 aromatic rings. The molecule has 2 aromatic carbocycles. The maximum atomic E-state index is 13.5. The van der Waals surface area contributed by atoms with Crippen LogP contribution in [0.25, 0.3) is 33.1 Å². The average molecular weight is 1030 g/mol. The molecule has 6 fully saturated rings. The second-order valence-corrected chi connectivity index (χ2v) is 22.8. The second-order valence-electron chi connectivity index (χ2n) is 22.8. The summed E-state index contributed by atoms with van der Waals surface area (Å²) >= 11 is 0. The van der Waals surface area contributed by atoms with E-state index in [1.807, 2.05) is 34.1 Å². The number of benzene rings is 2. The summed E-state index contributed by atoms with van der Waals surface area (Å²) in [6.45, 7) is 11.4. The molecule has 2 spiro atoms. The van der Waals surface area contributed by atoms with Crippen molar-refractivity contribution in [3.05, 3.63) is 97.1 Å². The number of nitrogens with one attached hydrogen (secondary N) is 2. The smallest absolute Gasteiger partial charge is 0.259 e. The monoisotopic (exact) mass is 1030 g/mol. The van der Waals surface area contributed by atoms with Crippen LogP contribution in [-0.2, 0) is 9.59 Å². The molecule has 2 saturated heterocycles. The number of carbonyl (C=O) groups is 4. The van der Waals surface area contributed by atoms with E-state index in [9.17, 15) is 19.2 Å². The number of rotatable bonds is 10. The van der Waals surface area contributed by atoms with E-state index in [2.05, 4.69) is 66.4 Å². The first-order chi connectivity index (χ1) is 36.7. The highest BCUT2D eigenvalue weighted by Gasteiger charge is 2.50. The molecule has 0 unspecified atom stereocenters. The van der Waals surface area contributed by atoms with Crippen LogP contribution in [0.4, 0.5) is 11.4 Å². The van der Waals surface area contributed by atoms with Crippen molar-refractivity contribution in [1.29, 1.82) is 0 Å². The van der Waals surface area contributed by atoms with Gasteiger partial charge in [-0.1, -0.05) is 13.8 Å². The zero-order chi connectivity index (χ0) is 52.0. The Kier molecular flexibility index (Phi) is 11.6. The summed E-state index contributed by atoms with van der Waals surface area (Å²) in [5.41, 5.74) is 5.41. The maximum absolute atomic E-state index is 13.5. The Morgan fingerprint density at radius 3 is 1.39 bits per heavy atom. The van der Waals surface area contributed by atoms with Gasteiger partial charge >= 0.3 is 0 Å². The highest BCUT2D eigenvalue weighted by molar-refractivity contribution is 6.10. The van der Waals surface area contributed by atoms with Gasteiger partial charge in [0.1, 0.15) is 22.9 Å². The predicted octanol–water partition coefficient (Wildman–Crippen LogP) is 8.16. The molecule has 4 atom stereocenters. The minimum absolute atomic E-state index is 0.145. The van der Waals surface area contributed by atoms with Crippen LogP contribution in [0, 0.1) is 22.7 Å². The standard InChI is InChI=1S/2C28H31N7O3/c2*1-17-12-28(15-33(16-28)18(2)36)7-6-24(17)35-14-19-10-21(25(11-22(19)32-35)38-20-4-5-20)27(37)31-23-13-30-34-9-3-8-29-26(23)34/h2*3,8-11,13-14,17,20,24H,4-7,12,15-16H2,1-2H3,(H,31,37)/t2*17-,24+/m00/s1. The van der Waals surface area contributed by atoms with Crippen LogP contribution in [-0.4, -0.2) is 121 Å². The van der Waals surface area contributed by atoms with Gasteiger partial charge in [-0.25, -0.2) is 19.0 Å². The number of anilines is 2. The van der Waals surface area contributed by atoms with Crippen molar-refractivity contribution in [2.75, 3.05) is 36.8 Å². The molecule has 76 heavy (non-hydrogen) atoms. The molecule has 6 aliphatic rings. The predicted molar refractivity (Wildman–Crippen MR) is 282 cm³/mol. The van der Waals surface area contributed by atoms with E-state index in [0.717, 1.165) is 112 Å². The number of ether oxygens (including phenoxy) is 2. The zero-order valence-corrected chi connectivity index (χ0v) is 43.3. The average Bonchev–Trinajstić information content (AvgIpc) is 4.21. The molecule has 2 aliphatic heterocycles. The highest BCUT2D eigenvalue weighted by atomic mass is 16.5. The Morgan fingerprint density at radius 2 is 1.01 bits per heavy atom. The van der Waals surface area contributed by atoms with Gasteiger partial charge in [0.25, 0.3) is 11.8 Å². The van der Waals surface area contributed by atoms with Crippen molar-refractivity contribution in [2.24, 2.45) is 22.7 Å². The number of hydrogen-bond acceptors (Lipinski definition) is 12. The lowest BCUT2D eigenvalue weighted by Crippen LogP contribution is -2.60. The number of nitrogens with zero attached hydrogens (tertiary/aromatic N) is 12. The maximum Gasteiger partial charge on any atom is 0.259 e.